The van der Waals surface area contributed by atoms with Crippen LogP contribution in [0, 0.1) is 22.7 Å². The van der Waals surface area contributed by atoms with Gasteiger partial charge in [-0.15, -0.1) is 0 Å². The third kappa shape index (κ3) is 1.90. The first-order valence-electron chi connectivity index (χ1n) is 6.31. The van der Waals surface area contributed by atoms with Gasteiger partial charge in [-0.05, 0) is 11.6 Å². The molecule has 0 aliphatic carbocycles. The topological polar surface area (TPSA) is 82.9 Å². The lowest BCUT2D eigenvalue weighted by molar-refractivity contribution is 0.451. The van der Waals surface area contributed by atoms with Crippen LogP contribution >= 0.6 is 0 Å². The van der Waals surface area contributed by atoms with E-state index in [-0.39, 0.29) is 11.8 Å². The van der Waals surface area contributed by atoms with Gasteiger partial charge in [-0.3, -0.25) is 5.41 Å². The number of ether oxygens (including phenoxy) is 1. The number of fused-ring (bicyclic) bond motifs is 1. The largest absolute Gasteiger partial charge is 0.442 e. The summed E-state index contributed by atoms with van der Waals surface area (Å²) in [6.07, 6.45) is 0. The van der Waals surface area contributed by atoms with Crippen molar-refractivity contribution in [2.24, 2.45) is 5.92 Å². The maximum Gasteiger partial charge on any atom is 0.205 e. The number of nitriles is 1. The minimum atomic E-state index is -0.617. The van der Waals surface area contributed by atoms with Gasteiger partial charge in [0, 0.05) is 23.2 Å². The SMILES string of the molecule is N#CC1C(=N)Oc2cc(N)ccc2C1c1ccccc1. The predicted octanol–water partition coefficient (Wildman–Crippen LogP) is 2.91. The molecule has 0 amide bonds. The molecular formula is C16H13N3O. The summed E-state index contributed by atoms with van der Waals surface area (Å²) in [5.41, 5.74) is 8.24. The van der Waals surface area contributed by atoms with Crippen molar-refractivity contribution >= 4 is 11.6 Å². The molecule has 98 valence electrons. The van der Waals surface area contributed by atoms with E-state index in [0.29, 0.717) is 11.4 Å². The molecule has 0 spiro atoms. The molecule has 4 nitrogen and oxygen atoms in total. The van der Waals surface area contributed by atoms with Crippen LogP contribution in [0.4, 0.5) is 5.69 Å². The molecule has 3 rings (SSSR count). The van der Waals surface area contributed by atoms with Crippen molar-refractivity contribution in [1.29, 1.82) is 10.7 Å². The molecule has 4 heteroatoms. The molecule has 0 radical (unpaired) electrons. The molecule has 2 unspecified atom stereocenters. The van der Waals surface area contributed by atoms with Crippen LogP contribution in [-0.4, -0.2) is 5.90 Å². The quantitative estimate of drug-likeness (QED) is 0.776. The van der Waals surface area contributed by atoms with E-state index >= 15 is 0 Å². The number of benzene rings is 2. The van der Waals surface area contributed by atoms with Crippen molar-refractivity contribution < 1.29 is 4.74 Å². The van der Waals surface area contributed by atoms with Gasteiger partial charge in [0.2, 0.25) is 5.90 Å². The molecule has 1 aliphatic rings. The Morgan fingerprint density at radius 2 is 1.90 bits per heavy atom. The molecule has 2 atom stereocenters. The highest BCUT2D eigenvalue weighted by Gasteiger charge is 2.36. The number of anilines is 1. The summed E-state index contributed by atoms with van der Waals surface area (Å²) in [7, 11) is 0. The summed E-state index contributed by atoms with van der Waals surface area (Å²) in [4.78, 5) is 0. The maximum absolute atomic E-state index is 9.38. The monoisotopic (exact) mass is 263 g/mol. The van der Waals surface area contributed by atoms with E-state index < -0.39 is 5.92 Å². The summed E-state index contributed by atoms with van der Waals surface area (Å²) < 4.78 is 5.45. The van der Waals surface area contributed by atoms with Gasteiger partial charge in [-0.2, -0.15) is 5.26 Å². The van der Waals surface area contributed by atoms with Crippen molar-refractivity contribution in [3.05, 3.63) is 59.7 Å². The average molecular weight is 263 g/mol. The minimum Gasteiger partial charge on any atom is -0.442 e. The number of nitrogen functional groups attached to an aromatic ring is 1. The molecule has 2 aromatic carbocycles. The average Bonchev–Trinajstić information content (AvgIpc) is 2.46. The zero-order valence-corrected chi connectivity index (χ0v) is 10.7. The second-order valence-corrected chi connectivity index (χ2v) is 4.76. The highest BCUT2D eigenvalue weighted by atomic mass is 16.5. The Bertz CT molecular complexity index is 703. The van der Waals surface area contributed by atoms with Crippen LogP contribution in [-0.2, 0) is 0 Å². The van der Waals surface area contributed by atoms with Crippen molar-refractivity contribution in [1.82, 2.24) is 0 Å². The Morgan fingerprint density at radius 1 is 1.15 bits per heavy atom. The lowest BCUT2D eigenvalue weighted by Crippen LogP contribution is -2.30. The van der Waals surface area contributed by atoms with E-state index in [2.05, 4.69) is 6.07 Å². The van der Waals surface area contributed by atoms with E-state index in [1.165, 1.54) is 0 Å². The maximum atomic E-state index is 9.38. The fraction of sp³-hybridized carbons (Fsp3) is 0.125. The van der Waals surface area contributed by atoms with Crippen LogP contribution in [0.15, 0.2) is 48.5 Å². The summed E-state index contributed by atoms with van der Waals surface area (Å²) in [5, 5.41) is 17.3. The molecule has 0 fully saturated rings. The number of rotatable bonds is 1. The predicted molar refractivity (Wildman–Crippen MR) is 76.6 cm³/mol. The van der Waals surface area contributed by atoms with Gasteiger partial charge in [0.25, 0.3) is 0 Å². The summed E-state index contributed by atoms with van der Waals surface area (Å²) in [6, 6.07) is 17.3. The molecule has 0 bridgehead atoms. The van der Waals surface area contributed by atoms with Crippen LogP contribution in [0.5, 0.6) is 5.75 Å². The number of nitrogens with one attached hydrogen (secondary N) is 1. The van der Waals surface area contributed by atoms with E-state index in [4.69, 9.17) is 15.9 Å². The first-order valence-corrected chi connectivity index (χ1v) is 6.31. The molecular weight excluding hydrogens is 250 g/mol. The van der Waals surface area contributed by atoms with E-state index in [9.17, 15) is 5.26 Å². The molecule has 0 aromatic heterocycles. The van der Waals surface area contributed by atoms with Crippen molar-refractivity contribution in [3.8, 4) is 11.8 Å². The summed E-state index contributed by atoms with van der Waals surface area (Å²) >= 11 is 0. The van der Waals surface area contributed by atoms with Gasteiger partial charge < -0.3 is 10.5 Å². The third-order valence-electron chi connectivity index (χ3n) is 3.51. The van der Waals surface area contributed by atoms with Crippen LogP contribution < -0.4 is 10.5 Å². The lowest BCUT2D eigenvalue weighted by Gasteiger charge is -2.30. The zero-order chi connectivity index (χ0) is 14.1. The normalized spacial score (nSPS) is 20.6. The van der Waals surface area contributed by atoms with Gasteiger partial charge in [0.15, 0.2) is 0 Å². The van der Waals surface area contributed by atoms with Gasteiger partial charge in [0.05, 0.1) is 6.07 Å². The van der Waals surface area contributed by atoms with Crippen molar-refractivity contribution in [2.75, 3.05) is 5.73 Å². The van der Waals surface area contributed by atoms with Gasteiger partial charge >= 0.3 is 0 Å². The van der Waals surface area contributed by atoms with Crippen LogP contribution in [0.1, 0.15) is 17.0 Å². The van der Waals surface area contributed by atoms with Crippen LogP contribution in [0.25, 0.3) is 0 Å². The second-order valence-electron chi connectivity index (χ2n) is 4.76. The van der Waals surface area contributed by atoms with E-state index in [1.54, 1.807) is 12.1 Å². The smallest absolute Gasteiger partial charge is 0.205 e. The molecule has 0 saturated carbocycles. The first-order chi connectivity index (χ1) is 9.70. The minimum absolute atomic E-state index is 0.0283. The Kier molecular flexibility index (Phi) is 2.88. The number of hydrogen-bond donors (Lipinski definition) is 2. The fourth-order valence-corrected chi connectivity index (χ4v) is 2.57. The lowest BCUT2D eigenvalue weighted by atomic mass is 9.79. The molecule has 20 heavy (non-hydrogen) atoms. The van der Waals surface area contributed by atoms with Crippen LogP contribution in [0.3, 0.4) is 0 Å². The van der Waals surface area contributed by atoms with E-state index in [1.807, 2.05) is 36.4 Å². The Balaban J connectivity index is 2.19. The fourth-order valence-electron chi connectivity index (χ4n) is 2.57. The third-order valence-corrected chi connectivity index (χ3v) is 3.51. The highest BCUT2D eigenvalue weighted by molar-refractivity contribution is 5.85. The Hall–Kier alpha value is -2.80. The van der Waals surface area contributed by atoms with Gasteiger partial charge in [-0.1, -0.05) is 36.4 Å². The number of nitrogens with zero attached hydrogens (tertiary/aromatic N) is 1. The molecule has 2 aromatic rings. The molecule has 3 N–H and O–H groups in total. The number of hydrogen-bond acceptors (Lipinski definition) is 4. The molecule has 1 aliphatic heterocycles. The molecule has 1 heterocycles. The number of nitrogens with two attached hydrogens (primary N) is 1. The van der Waals surface area contributed by atoms with Gasteiger partial charge in [0.1, 0.15) is 11.7 Å². The summed E-state index contributed by atoms with van der Waals surface area (Å²) in [6.45, 7) is 0. The second kappa shape index (κ2) is 4.71. The van der Waals surface area contributed by atoms with Crippen molar-refractivity contribution in [3.63, 3.8) is 0 Å². The molecule has 0 saturated heterocycles. The Morgan fingerprint density at radius 3 is 2.60 bits per heavy atom. The standard InChI is InChI=1S/C16H13N3O/c17-9-13-15(10-4-2-1-3-5-10)12-7-6-11(18)8-14(12)20-16(13)19/h1-8,13,15,19H,18H2. The highest BCUT2D eigenvalue weighted by Crippen LogP contribution is 2.42. The first kappa shape index (κ1) is 12.2. The van der Waals surface area contributed by atoms with Gasteiger partial charge in [-0.25, -0.2) is 0 Å². The zero-order valence-electron chi connectivity index (χ0n) is 10.7. The Labute approximate surface area is 116 Å². The van der Waals surface area contributed by atoms with Crippen LogP contribution in [0.2, 0.25) is 0 Å². The van der Waals surface area contributed by atoms with Crippen molar-refractivity contribution in [2.45, 2.75) is 5.92 Å². The van der Waals surface area contributed by atoms with E-state index in [0.717, 1.165) is 11.1 Å². The summed E-state index contributed by atoms with van der Waals surface area (Å²) in [5.74, 6) is -0.276.